The van der Waals surface area contributed by atoms with Crippen molar-refractivity contribution in [2.24, 2.45) is 0 Å². The van der Waals surface area contributed by atoms with Crippen LogP contribution >= 0.6 is 0 Å². The van der Waals surface area contributed by atoms with Gasteiger partial charge in [-0.3, -0.25) is 14.5 Å². The Morgan fingerprint density at radius 2 is 2.04 bits per heavy atom. The first-order chi connectivity index (χ1) is 11.7. The fraction of sp³-hybridized carbons (Fsp3) is 0.333. The van der Waals surface area contributed by atoms with Gasteiger partial charge in [-0.15, -0.1) is 0 Å². The van der Waals surface area contributed by atoms with Crippen molar-refractivity contribution in [2.75, 3.05) is 39.4 Å². The van der Waals surface area contributed by atoms with Crippen LogP contribution in [-0.2, 0) is 9.53 Å². The summed E-state index contributed by atoms with van der Waals surface area (Å²) < 4.78 is 10.7. The first-order valence-corrected chi connectivity index (χ1v) is 8.00. The lowest BCUT2D eigenvalue weighted by molar-refractivity contribution is -0.116. The van der Waals surface area contributed by atoms with E-state index >= 15 is 0 Å². The van der Waals surface area contributed by atoms with Crippen LogP contribution < -0.4 is 10.7 Å². The predicted molar refractivity (Wildman–Crippen MR) is 91.8 cm³/mol. The van der Waals surface area contributed by atoms with Crippen molar-refractivity contribution in [3.05, 3.63) is 52.4 Å². The maximum Gasteiger partial charge on any atom is 0.244 e. The summed E-state index contributed by atoms with van der Waals surface area (Å²) in [6, 6.07) is 7.04. The molecule has 1 aromatic carbocycles. The highest BCUT2D eigenvalue weighted by Crippen LogP contribution is 2.11. The van der Waals surface area contributed by atoms with E-state index in [-0.39, 0.29) is 11.3 Å². The van der Waals surface area contributed by atoms with Gasteiger partial charge in [-0.1, -0.05) is 12.1 Å². The molecule has 0 aliphatic carbocycles. The van der Waals surface area contributed by atoms with Gasteiger partial charge in [0.2, 0.25) is 5.91 Å². The fourth-order valence-electron chi connectivity index (χ4n) is 2.59. The van der Waals surface area contributed by atoms with Crippen LogP contribution in [0.2, 0.25) is 0 Å². The Labute approximate surface area is 139 Å². The first kappa shape index (κ1) is 16.4. The molecule has 0 bridgehead atoms. The summed E-state index contributed by atoms with van der Waals surface area (Å²) in [5.41, 5.74) is 0.751. The van der Waals surface area contributed by atoms with Crippen molar-refractivity contribution in [1.82, 2.24) is 10.2 Å². The van der Waals surface area contributed by atoms with Crippen molar-refractivity contribution >= 4 is 23.0 Å². The van der Waals surface area contributed by atoms with E-state index in [0.29, 0.717) is 23.1 Å². The zero-order valence-electron chi connectivity index (χ0n) is 13.4. The van der Waals surface area contributed by atoms with Crippen LogP contribution in [-0.4, -0.2) is 50.2 Å². The smallest absolute Gasteiger partial charge is 0.244 e. The van der Waals surface area contributed by atoms with Crippen molar-refractivity contribution < 1.29 is 13.9 Å². The van der Waals surface area contributed by atoms with Crippen molar-refractivity contribution in [3.8, 4) is 0 Å². The molecule has 1 aliphatic heterocycles. The van der Waals surface area contributed by atoms with Crippen LogP contribution in [0, 0.1) is 0 Å². The van der Waals surface area contributed by atoms with Crippen LogP contribution in [0.5, 0.6) is 0 Å². The van der Waals surface area contributed by atoms with Gasteiger partial charge < -0.3 is 14.5 Å². The lowest BCUT2D eigenvalue weighted by atomic mass is 10.1. The second-order valence-corrected chi connectivity index (χ2v) is 5.59. The molecule has 1 saturated heterocycles. The molecular weight excluding hydrogens is 308 g/mol. The maximum absolute atomic E-state index is 12.3. The molecule has 2 aromatic rings. The molecule has 1 amide bonds. The molecule has 1 fully saturated rings. The van der Waals surface area contributed by atoms with Gasteiger partial charge >= 0.3 is 0 Å². The van der Waals surface area contributed by atoms with Crippen LogP contribution in [0.15, 0.2) is 45.8 Å². The van der Waals surface area contributed by atoms with Crippen LogP contribution in [0.3, 0.4) is 0 Å². The normalized spacial score (nSPS) is 15.8. The second-order valence-electron chi connectivity index (χ2n) is 5.59. The Hall–Kier alpha value is -2.44. The zero-order chi connectivity index (χ0) is 16.8. The van der Waals surface area contributed by atoms with E-state index < -0.39 is 0 Å². The van der Waals surface area contributed by atoms with E-state index in [1.54, 1.807) is 18.2 Å². The van der Waals surface area contributed by atoms with Gasteiger partial charge in [-0.2, -0.15) is 0 Å². The van der Waals surface area contributed by atoms with Crippen molar-refractivity contribution in [1.29, 1.82) is 0 Å². The number of nitrogens with zero attached hydrogens (tertiary/aromatic N) is 1. The molecule has 0 unspecified atom stereocenters. The molecule has 0 radical (unpaired) electrons. The van der Waals surface area contributed by atoms with E-state index in [1.165, 1.54) is 18.4 Å². The summed E-state index contributed by atoms with van der Waals surface area (Å²) in [7, 11) is 0. The van der Waals surface area contributed by atoms with Gasteiger partial charge in [0.25, 0.3) is 0 Å². The van der Waals surface area contributed by atoms with Crippen LogP contribution in [0.1, 0.15) is 5.56 Å². The minimum absolute atomic E-state index is 0.144. The number of hydrogen-bond acceptors (Lipinski definition) is 5. The minimum atomic E-state index is -0.226. The maximum atomic E-state index is 12.3. The highest BCUT2D eigenvalue weighted by molar-refractivity contribution is 5.92. The molecule has 2 heterocycles. The lowest BCUT2D eigenvalue weighted by Gasteiger charge is -2.26. The van der Waals surface area contributed by atoms with Gasteiger partial charge in [0.05, 0.1) is 24.2 Å². The fourth-order valence-corrected chi connectivity index (χ4v) is 2.59. The Kier molecular flexibility index (Phi) is 5.40. The summed E-state index contributed by atoms with van der Waals surface area (Å²) in [5, 5.41) is 3.32. The number of carbonyl (C=O) groups is 1. The van der Waals surface area contributed by atoms with E-state index in [1.807, 2.05) is 6.07 Å². The number of hydrogen-bond donors (Lipinski definition) is 1. The van der Waals surface area contributed by atoms with Crippen molar-refractivity contribution in [3.63, 3.8) is 0 Å². The second kappa shape index (κ2) is 7.90. The van der Waals surface area contributed by atoms with Gasteiger partial charge in [-0.05, 0) is 18.2 Å². The Morgan fingerprint density at radius 1 is 1.25 bits per heavy atom. The quantitative estimate of drug-likeness (QED) is 0.837. The SMILES string of the molecule is O=C(/C=C/c1coc2ccccc2c1=O)NCCN1CCOCC1. The Morgan fingerprint density at radius 3 is 2.88 bits per heavy atom. The summed E-state index contributed by atoms with van der Waals surface area (Å²) in [5.74, 6) is -0.226. The minimum Gasteiger partial charge on any atom is -0.463 e. The standard InChI is InChI=1S/C18H20N2O4/c21-17(19-7-8-20-9-11-23-12-10-20)6-5-14-13-24-16-4-2-1-3-15(16)18(14)22/h1-6,13H,7-12H2,(H,19,21)/b6-5+. The number of rotatable bonds is 5. The van der Waals surface area contributed by atoms with E-state index in [2.05, 4.69) is 10.2 Å². The van der Waals surface area contributed by atoms with E-state index in [0.717, 1.165) is 32.8 Å². The summed E-state index contributed by atoms with van der Waals surface area (Å²) >= 11 is 0. The molecular formula is C18H20N2O4. The summed E-state index contributed by atoms with van der Waals surface area (Å²) in [6.45, 7) is 4.63. The van der Waals surface area contributed by atoms with Gasteiger partial charge in [0, 0.05) is 32.3 Å². The number of morpholine rings is 1. The molecule has 6 nitrogen and oxygen atoms in total. The third kappa shape index (κ3) is 4.10. The molecule has 0 spiro atoms. The highest BCUT2D eigenvalue weighted by atomic mass is 16.5. The molecule has 1 N–H and O–H groups in total. The van der Waals surface area contributed by atoms with Crippen molar-refractivity contribution in [2.45, 2.75) is 0 Å². The lowest BCUT2D eigenvalue weighted by Crippen LogP contribution is -2.41. The summed E-state index contributed by atoms with van der Waals surface area (Å²) in [4.78, 5) is 26.4. The topological polar surface area (TPSA) is 71.8 Å². The molecule has 1 aromatic heterocycles. The Bertz CT molecular complexity index is 791. The monoisotopic (exact) mass is 328 g/mol. The molecule has 126 valence electrons. The van der Waals surface area contributed by atoms with Gasteiger partial charge in [0.15, 0.2) is 5.43 Å². The third-order valence-corrected chi connectivity index (χ3v) is 3.95. The van der Waals surface area contributed by atoms with Gasteiger partial charge in [0.1, 0.15) is 11.8 Å². The van der Waals surface area contributed by atoms with E-state index in [4.69, 9.17) is 9.15 Å². The number of ether oxygens (including phenoxy) is 1. The molecule has 3 rings (SSSR count). The first-order valence-electron chi connectivity index (χ1n) is 8.00. The van der Waals surface area contributed by atoms with Gasteiger partial charge in [-0.25, -0.2) is 0 Å². The molecule has 1 aliphatic rings. The largest absolute Gasteiger partial charge is 0.463 e. The summed E-state index contributed by atoms with van der Waals surface area (Å²) in [6.07, 6.45) is 4.23. The predicted octanol–water partition coefficient (Wildman–Crippen LogP) is 1.25. The number of fused-ring (bicyclic) bond motifs is 1. The molecule has 0 saturated carbocycles. The van der Waals surface area contributed by atoms with Crippen LogP contribution in [0.25, 0.3) is 17.0 Å². The third-order valence-electron chi connectivity index (χ3n) is 3.95. The number of nitrogens with one attached hydrogen (secondary N) is 1. The van der Waals surface area contributed by atoms with Crippen LogP contribution in [0.4, 0.5) is 0 Å². The average molecular weight is 328 g/mol. The number of para-hydroxylation sites is 1. The molecule has 0 atom stereocenters. The van der Waals surface area contributed by atoms with E-state index in [9.17, 15) is 9.59 Å². The molecule has 6 heteroatoms. The number of benzene rings is 1. The average Bonchev–Trinajstić information content (AvgIpc) is 2.62. The highest BCUT2D eigenvalue weighted by Gasteiger charge is 2.09. The molecule has 24 heavy (non-hydrogen) atoms. The number of amides is 1. The Balaban J connectivity index is 1.56. The number of carbonyl (C=O) groups excluding carboxylic acids is 1. The zero-order valence-corrected chi connectivity index (χ0v) is 13.4.